The molecule has 2 rings (SSSR count). The van der Waals surface area contributed by atoms with Crippen molar-refractivity contribution in [3.05, 3.63) is 17.8 Å². The van der Waals surface area contributed by atoms with E-state index in [4.69, 9.17) is 10.5 Å². The van der Waals surface area contributed by atoms with Crippen LogP contribution in [0.1, 0.15) is 17.4 Å². The van der Waals surface area contributed by atoms with Crippen molar-refractivity contribution in [1.29, 1.82) is 0 Å². The Morgan fingerprint density at radius 2 is 2.18 bits per heavy atom. The maximum absolute atomic E-state index is 11.4. The molecule has 0 fully saturated rings. The highest BCUT2D eigenvalue weighted by molar-refractivity contribution is 5.91. The normalized spacial score (nSPS) is 10.4. The fourth-order valence-corrected chi connectivity index (χ4v) is 1.33. The number of pyridine rings is 1. The van der Waals surface area contributed by atoms with Gasteiger partial charge in [0, 0.05) is 0 Å². The molecule has 0 aliphatic carbocycles. The smallest absolute Gasteiger partial charge is 0.357 e. The topological polar surface area (TPSA) is 111 Å². The zero-order chi connectivity index (χ0) is 12.4. The van der Waals surface area contributed by atoms with E-state index >= 15 is 0 Å². The number of anilines is 1. The summed E-state index contributed by atoms with van der Waals surface area (Å²) < 4.78 is 4.80. The predicted molar refractivity (Wildman–Crippen MR) is 59.4 cm³/mol. The molecule has 2 aromatic heterocycles. The first-order valence-corrected chi connectivity index (χ1v) is 4.92. The fourth-order valence-electron chi connectivity index (χ4n) is 1.33. The predicted octanol–water partition coefficient (Wildman–Crippen LogP) is 0.489. The highest BCUT2D eigenvalue weighted by atomic mass is 16.5. The summed E-state index contributed by atoms with van der Waals surface area (Å²) in [6.07, 6.45) is 0. The van der Waals surface area contributed by atoms with Gasteiger partial charge in [-0.05, 0) is 19.1 Å². The lowest BCUT2D eigenvalue weighted by atomic mass is 10.3. The van der Waals surface area contributed by atoms with Crippen LogP contribution in [0.3, 0.4) is 0 Å². The molecule has 0 atom stereocenters. The molecule has 0 spiro atoms. The monoisotopic (exact) mass is 234 g/mol. The summed E-state index contributed by atoms with van der Waals surface area (Å²) in [5.41, 5.74) is 5.63. The van der Waals surface area contributed by atoms with Gasteiger partial charge in [-0.2, -0.15) is 9.97 Å². The number of nitrogen functional groups attached to an aromatic ring is 1. The Kier molecular flexibility index (Phi) is 2.73. The van der Waals surface area contributed by atoms with Crippen LogP contribution in [0.4, 0.5) is 5.95 Å². The molecule has 0 saturated carbocycles. The summed E-state index contributed by atoms with van der Waals surface area (Å²) in [7, 11) is 0. The first-order chi connectivity index (χ1) is 8.11. The van der Waals surface area contributed by atoms with E-state index in [1.165, 1.54) is 12.1 Å². The largest absolute Gasteiger partial charge is 0.493 e. The second kappa shape index (κ2) is 4.20. The van der Waals surface area contributed by atoms with Crippen LogP contribution in [-0.2, 0) is 4.74 Å². The minimum Gasteiger partial charge on any atom is -0.493 e. The van der Waals surface area contributed by atoms with Crippen molar-refractivity contribution in [2.24, 2.45) is 0 Å². The number of rotatable bonds is 2. The highest BCUT2D eigenvalue weighted by Gasteiger charge is 2.12. The van der Waals surface area contributed by atoms with Crippen molar-refractivity contribution in [1.82, 2.24) is 15.0 Å². The lowest BCUT2D eigenvalue weighted by molar-refractivity contribution is 0.0520. The van der Waals surface area contributed by atoms with Crippen molar-refractivity contribution in [2.75, 3.05) is 12.3 Å². The molecule has 2 heterocycles. The molecular formula is C10H10N4O3. The molecule has 88 valence electrons. The van der Waals surface area contributed by atoms with Crippen molar-refractivity contribution < 1.29 is 14.6 Å². The SMILES string of the molecule is CCOC(=O)c1ccc2c(O)nc(N)nc2n1. The number of fused-ring (bicyclic) bond motifs is 1. The number of esters is 1. The van der Waals surface area contributed by atoms with Crippen LogP contribution in [0.2, 0.25) is 0 Å². The van der Waals surface area contributed by atoms with Gasteiger partial charge >= 0.3 is 5.97 Å². The van der Waals surface area contributed by atoms with E-state index < -0.39 is 5.97 Å². The Bertz CT molecular complexity index is 585. The zero-order valence-electron chi connectivity index (χ0n) is 9.04. The van der Waals surface area contributed by atoms with Gasteiger partial charge in [-0.15, -0.1) is 0 Å². The summed E-state index contributed by atoms with van der Waals surface area (Å²) in [6.45, 7) is 1.96. The molecule has 0 radical (unpaired) electrons. The number of carbonyl (C=O) groups excluding carboxylic acids is 1. The van der Waals surface area contributed by atoms with Gasteiger partial charge < -0.3 is 15.6 Å². The van der Waals surface area contributed by atoms with Gasteiger partial charge in [-0.3, -0.25) is 0 Å². The van der Waals surface area contributed by atoms with Gasteiger partial charge in [0.2, 0.25) is 11.8 Å². The van der Waals surface area contributed by atoms with Gasteiger partial charge in [0.05, 0.1) is 12.0 Å². The minimum absolute atomic E-state index is 0.108. The van der Waals surface area contributed by atoms with Gasteiger partial charge in [0.15, 0.2) is 11.3 Å². The second-order valence-corrected chi connectivity index (χ2v) is 3.19. The van der Waals surface area contributed by atoms with Crippen LogP contribution < -0.4 is 5.73 Å². The highest BCUT2D eigenvalue weighted by Crippen LogP contribution is 2.20. The minimum atomic E-state index is -0.550. The van der Waals surface area contributed by atoms with E-state index in [0.29, 0.717) is 5.39 Å². The molecule has 0 unspecified atom stereocenters. The quantitative estimate of drug-likeness (QED) is 0.727. The van der Waals surface area contributed by atoms with E-state index in [-0.39, 0.29) is 29.8 Å². The number of aromatic nitrogens is 3. The third-order valence-electron chi connectivity index (χ3n) is 2.04. The molecule has 17 heavy (non-hydrogen) atoms. The number of hydrogen-bond donors (Lipinski definition) is 2. The Morgan fingerprint density at radius 1 is 1.41 bits per heavy atom. The number of ether oxygens (including phenoxy) is 1. The van der Waals surface area contributed by atoms with Gasteiger partial charge in [0.25, 0.3) is 0 Å². The average molecular weight is 234 g/mol. The van der Waals surface area contributed by atoms with Gasteiger partial charge in [-0.25, -0.2) is 9.78 Å². The standard InChI is InChI=1S/C10H10N4O3/c1-2-17-9(16)6-4-3-5-7(12-6)13-10(11)14-8(5)15/h3-4H,2H2,1H3,(H3,11,12,13,14,15). The third kappa shape index (κ3) is 2.07. The molecule has 7 nitrogen and oxygen atoms in total. The first-order valence-electron chi connectivity index (χ1n) is 4.92. The van der Waals surface area contributed by atoms with Crippen LogP contribution in [0.15, 0.2) is 12.1 Å². The fraction of sp³-hybridized carbons (Fsp3) is 0.200. The summed E-state index contributed by atoms with van der Waals surface area (Å²) >= 11 is 0. The molecular weight excluding hydrogens is 224 g/mol. The summed E-state index contributed by atoms with van der Waals surface area (Å²) in [6, 6.07) is 2.92. The van der Waals surface area contributed by atoms with Crippen LogP contribution in [0.25, 0.3) is 11.0 Å². The van der Waals surface area contributed by atoms with Crippen LogP contribution >= 0.6 is 0 Å². The van der Waals surface area contributed by atoms with Gasteiger partial charge in [0.1, 0.15) is 0 Å². The van der Waals surface area contributed by atoms with E-state index in [9.17, 15) is 9.90 Å². The first kappa shape index (κ1) is 11.1. The van der Waals surface area contributed by atoms with E-state index in [0.717, 1.165) is 0 Å². The molecule has 0 bridgehead atoms. The number of hydrogen-bond acceptors (Lipinski definition) is 7. The Labute approximate surface area is 96.3 Å². The molecule has 0 aliphatic rings. The van der Waals surface area contributed by atoms with Crippen molar-refractivity contribution in [3.63, 3.8) is 0 Å². The lowest BCUT2D eigenvalue weighted by Crippen LogP contribution is -2.07. The van der Waals surface area contributed by atoms with Crippen LogP contribution in [-0.4, -0.2) is 32.6 Å². The third-order valence-corrected chi connectivity index (χ3v) is 2.04. The maximum Gasteiger partial charge on any atom is 0.357 e. The van der Waals surface area contributed by atoms with Crippen molar-refractivity contribution in [2.45, 2.75) is 6.92 Å². The van der Waals surface area contributed by atoms with E-state index in [1.807, 2.05) is 0 Å². The Balaban J connectivity index is 2.54. The van der Waals surface area contributed by atoms with E-state index in [1.54, 1.807) is 6.92 Å². The molecule has 2 aromatic rings. The van der Waals surface area contributed by atoms with E-state index in [2.05, 4.69) is 15.0 Å². The molecule has 3 N–H and O–H groups in total. The molecule has 0 aromatic carbocycles. The summed E-state index contributed by atoms with van der Waals surface area (Å²) in [5.74, 6) is -0.926. The number of aromatic hydroxyl groups is 1. The van der Waals surface area contributed by atoms with Crippen molar-refractivity contribution >= 4 is 23.0 Å². The summed E-state index contributed by atoms with van der Waals surface area (Å²) in [4.78, 5) is 22.8. The Morgan fingerprint density at radius 3 is 2.88 bits per heavy atom. The number of carbonyl (C=O) groups is 1. The average Bonchev–Trinajstić information content (AvgIpc) is 2.28. The lowest BCUT2D eigenvalue weighted by Gasteiger charge is -2.03. The molecule has 7 heteroatoms. The maximum atomic E-state index is 11.4. The number of nitrogens with two attached hydrogens (primary N) is 1. The number of nitrogens with zero attached hydrogens (tertiary/aromatic N) is 3. The summed E-state index contributed by atoms with van der Waals surface area (Å²) in [5, 5.41) is 9.82. The Hall–Kier alpha value is -2.44. The van der Waals surface area contributed by atoms with Crippen molar-refractivity contribution in [3.8, 4) is 5.88 Å². The second-order valence-electron chi connectivity index (χ2n) is 3.19. The molecule has 0 aliphatic heterocycles. The zero-order valence-corrected chi connectivity index (χ0v) is 9.04. The van der Waals surface area contributed by atoms with Crippen LogP contribution in [0.5, 0.6) is 5.88 Å². The van der Waals surface area contributed by atoms with Gasteiger partial charge in [-0.1, -0.05) is 0 Å². The molecule has 0 amide bonds. The molecule has 0 saturated heterocycles. The van der Waals surface area contributed by atoms with Crippen LogP contribution in [0, 0.1) is 0 Å².